The maximum atomic E-state index is 4.59. The first-order valence-electron chi connectivity index (χ1n) is 8.30. The van der Waals surface area contributed by atoms with Gasteiger partial charge in [0.2, 0.25) is 0 Å². The molecule has 0 atom stereocenters. The van der Waals surface area contributed by atoms with E-state index < -0.39 is 0 Å². The van der Waals surface area contributed by atoms with Crippen molar-refractivity contribution >= 4 is 0 Å². The standard InChI is InChI=1S/C18H31N/c1-3-5-7-9-10-12-17-14-15-18(19-16-17)13-11-8-6-4-2/h14-16H,3-13H2,1-2H3. The van der Waals surface area contributed by atoms with Gasteiger partial charge < -0.3 is 0 Å². The first-order chi connectivity index (χ1) is 9.36. The number of hydrogen-bond donors (Lipinski definition) is 0. The Morgan fingerprint density at radius 2 is 1.37 bits per heavy atom. The van der Waals surface area contributed by atoms with E-state index >= 15 is 0 Å². The van der Waals surface area contributed by atoms with E-state index in [-0.39, 0.29) is 0 Å². The van der Waals surface area contributed by atoms with Crippen LogP contribution in [0.1, 0.15) is 82.9 Å². The molecule has 0 N–H and O–H groups in total. The predicted octanol–water partition coefficient (Wildman–Crippen LogP) is 5.72. The van der Waals surface area contributed by atoms with Crippen molar-refractivity contribution in [3.63, 3.8) is 0 Å². The van der Waals surface area contributed by atoms with Gasteiger partial charge in [-0.25, -0.2) is 0 Å². The summed E-state index contributed by atoms with van der Waals surface area (Å²) in [5, 5.41) is 0. The largest absolute Gasteiger partial charge is 0.261 e. The second-order valence-corrected chi connectivity index (χ2v) is 5.63. The number of pyridine rings is 1. The molecule has 0 amide bonds. The number of unbranched alkanes of at least 4 members (excludes halogenated alkanes) is 7. The quantitative estimate of drug-likeness (QED) is 0.464. The molecule has 1 aromatic heterocycles. The molecule has 0 saturated heterocycles. The van der Waals surface area contributed by atoms with Crippen LogP contribution in [0, 0.1) is 0 Å². The minimum Gasteiger partial charge on any atom is -0.261 e. The summed E-state index contributed by atoms with van der Waals surface area (Å²) in [5.74, 6) is 0. The number of hydrogen-bond acceptors (Lipinski definition) is 1. The number of nitrogens with zero attached hydrogens (tertiary/aromatic N) is 1. The maximum absolute atomic E-state index is 4.59. The predicted molar refractivity (Wildman–Crippen MR) is 84.5 cm³/mol. The molecule has 1 rings (SSSR count). The third-order valence-electron chi connectivity index (χ3n) is 3.74. The Morgan fingerprint density at radius 3 is 2.00 bits per heavy atom. The maximum Gasteiger partial charge on any atom is 0.0403 e. The first-order valence-corrected chi connectivity index (χ1v) is 8.30. The first kappa shape index (κ1) is 16.2. The third-order valence-corrected chi connectivity index (χ3v) is 3.74. The fourth-order valence-corrected chi connectivity index (χ4v) is 2.42. The highest BCUT2D eigenvalue weighted by Crippen LogP contribution is 2.10. The lowest BCUT2D eigenvalue weighted by Crippen LogP contribution is -1.93. The van der Waals surface area contributed by atoms with Crippen LogP contribution in [-0.2, 0) is 12.8 Å². The topological polar surface area (TPSA) is 12.9 Å². The van der Waals surface area contributed by atoms with Crippen molar-refractivity contribution in [2.45, 2.75) is 84.5 Å². The summed E-state index contributed by atoms with van der Waals surface area (Å²) in [4.78, 5) is 4.59. The Bertz CT molecular complexity index is 302. The van der Waals surface area contributed by atoms with Gasteiger partial charge in [0.15, 0.2) is 0 Å². The zero-order valence-corrected chi connectivity index (χ0v) is 13.0. The number of aryl methyl sites for hydroxylation is 2. The van der Waals surface area contributed by atoms with Crippen LogP contribution < -0.4 is 0 Å². The Kier molecular flexibility index (Phi) is 9.40. The van der Waals surface area contributed by atoms with Crippen LogP contribution >= 0.6 is 0 Å². The fourth-order valence-electron chi connectivity index (χ4n) is 2.42. The molecule has 0 bridgehead atoms. The lowest BCUT2D eigenvalue weighted by Gasteiger charge is -2.04. The zero-order chi connectivity index (χ0) is 13.8. The average molecular weight is 261 g/mol. The molecule has 19 heavy (non-hydrogen) atoms. The Labute approximate surface area is 119 Å². The lowest BCUT2D eigenvalue weighted by atomic mass is 10.1. The summed E-state index contributed by atoms with van der Waals surface area (Å²) in [5.41, 5.74) is 2.68. The molecule has 0 aliphatic rings. The van der Waals surface area contributed by atoms with E-state index in [1.807, 2.05) is 0 Å². The van der Waals surface area contributed by atoms with Gasteiger partial charge in [-0.05, 0) is 37.3 Å². The normalized spacial score (nSPS) is 10.8. The minimum atomic E-state index is 1.15. The van der Waals surface area contributed by atoms with Gasteiger partial charge in [-0.3, -0.25) is 4.98 Å². The second kappa shape index (κ2) is 11.0. The van der Waals surface area contributed by atoms with E-state index in [0.29, 0.717) is 0 Å². The lowest BCUT2D eigenvalue weighted by molar-refractivity contribution is 0.631. The molecule has 1 nitrogen and oxygen atoms in total. The van der Waals surface area contributed by atoms with Crippen molar-refractivity contribution < 1.29 is 0 Å². The Morgan fingerprint density at radius 1 is 0.737 bits per heavy atom. The minimum absolute atomic E-state index is 1.15. The molecule has 108 valence electrons. The molecule has 0 spiro atoms. The molecule has 0 saturated carbocycles. The van der Waals surface area contributed by atoms with E-state index in [4.69, 9.17) is 0 Å². The van der Waals surface area contributed by atoms with E-state index in [2.05, 4.69) is 37.2 Å². The van der Waals surface area contributed by atoms with Crippen LogP contribution in [-0.4, -0.2) is 4.98 Å². The molecule has 1 heterocycles. The van der Waals surface area contributed by atoms with Crippen LogP contribution in [0.5, 0.6) is 0 Å². The molecule has 1 heteroatoms. The van der Waals surface area contributed by atoms with E-state index in [0.717, 1.165) is 6.42 Å². The summed E-state index contributed by atoms with van der Waals surface area (Å²) >= 11 is 0. The van der Waals surface area contributed by atoms with Crippen LogP contribution in [0.15, 0.2) is 18.3 Å². The third kappa shape index (κ3) is 8.02. The highest BCUT2D eigenvalue weighted by molar-refractivity contribution is 5.14. The summed E-state index contributed by atoms with van der Waals surface area (Å²) in [6, 6.07) is 4.51. The second-order valence-electron chi connectivity index (χ2n) is 5.63. The van der Waals surface area contributed by atoms with Gasteiger partial charge in [0.1, 0.15) is 0 Å². The van der Waals surface area contributed by atoms with Gasteiger partial charge in [-0.2, -0.15) is 0 Å². The monoisotopic (exact) mass is 261 g/mol. The van der Waals surface area contributed by atoms with Gasteiger partial charge in [0, 0.05) is 11.9 Å². The zero-order valence-electron chi connectivity index (χ0n) is 13.0. The van der Waals surface area contributed by atoms with Gasteiger partial charge >= 0.3 is 0 Å². The summed E-state index contributed by atoms with van der Waals surface area (Å²) < 4.78 is 0. The van der Waals surface area contributed by atoms with Crippen molar-refractivity contribution in [1.29, 1.82) is 0 Å². The SMILES string of the molecule is CCCCCCCc1ccc(CCCCCC)nc1. The van der Waals surface area contributed by atoms with E-state index in [1.165, 1.54) is 75.5 Å². The fraction of sp³-hybridized carbons (Fsp3) is 0.722. The molecular weight excluding hydrogens is 230 g/mol. The van der Waals surface area contributed by atoms with Crippen LogP contribution in [0.25, 0.3) is 0 Å². The average Bonchev–Trinajstić information content (AvgIpc) is 2.45. The molecule has 1 aromatic rings. The van der Waals surface area contributed by atoms with E-state index in [9.17, 15) is 0 Å². The molecule has 0 aromatic carbocycles. The molecule has 0 fully saturated rings. The molecular formula is C18H31N. The molecule has 0 aliphatic heterocycles. The smallest absolute Gasteiger partial charge is 0.0403 e. The van der Waals surface area contributed by atoms with Crippen molar-refractivity contribution in [1.82, 2.24) is 4.98 Å². The van der Waals surface area contributed by atoms with Crippen LogP contribution in [0.2, 0.25) is 0 Å². The number of aromatic nitrogens is 1. The molecule has 0 unspecified atom stereocenters. The van der Waals surface area contributed by atoms with Gasteiger partial charge in [-0.1, -0.05) is 64.9 Å². The summed E-state index contributed by atoms with van der Waals surface area (Å²) in [7, 11) is 0. The van der Waals surface area contributed by atoms with Crippen LogP contribution in [0.4, 0.5) is 0 Å². The van der Waals surface area contributed by atoms with Gasteiger partial charge in [0.25, 0.3) is 0 Å². The molecule has 0 aliphatic carbocycles. The highest BCUT2D eigenvalue weighted by atomic mass is 14.7. The van der Waals surface area contributed by atoms with Gasteiger partial charge in [0.05, 0.1) is 0 Å². The Hall–Kier alpha value is -0.850. The highest BCUT2D eigenvalue weighted by Gasteiger charge is 1.97. The van der Waals surface area contributed by atoms with Crippen molar-refractivity contribution in [3.05, 3.63) is 29.6 Å². The summed E-state index contributed by atoms with van der Waals surface area (Å²) in [6.07, 6.45) is 16.5. The van der Waals surface area contributed by atoms with Gasteiger partial charge in [-0.15, -0.1) is 0 Å². The van der Waals surface area contributed by atoms with Crippen LogP contribution in [0.3, 0.4) is 0 Å². The molecule has 0 radical (unpaired) electrons. The number of rotatable bonds is 11. The van der Waals surface area contributed by atoms with E-state index in [1.54, 1.807) is 0 Å². The van der Waals surface area contributed by atoms with Crippen molar-refractivity contribution in [2.24, 2.45) is 0 Å². The van der Waals surface area contributed by atoms with Crippen molar-refractivity contribution in [2.75, 3.05) is 0 Å². The van der Waals surface area contributed by atoms with Crippen molar-refractivity contribution in [3.8, 4) is 0 Å². The Balaban J connectivity index is 2.16. The summed E-state index contributed by atoms with van der Waals surface area (Å²) in [6.45, 7) is 4.52.